The monoisotopic (exact) mass is 459 g/mol. The standard InChI is InChI=1S/C19H12BrClFN5O/c20-12-4-6-15(17-11(12)2-1-7-24-17)28-19-16(23)18(25-9-26-19)27-10-3-5-14(22)13(21)8-10/h1-9H,23H2,(H,25,26,27). The number of nitrogens with one attached hydrogen (secondary N) is 1. The molecule has 9 heteroatoms. The Balaban J connectivity index is 1.68. The van der Waals surface area contributed by atoms with Crippen LogP contribution in [0.25, 0.3) is 10.9 Å². The van der Waals surface area contributed by atoms with E-state index >= 15 is 0 Å². The quantitative estimate of drug-likeness (QED) is 0.406. The van der Waals surface area contributed by atoms with Crippen molar-refractivity contribution < 1.29 is 9.13 Å². The van der Waals surface area contributed by atoms with E-state index in [4.69, 9.17) is 22.1 Å². The fourth-order valence-electron chi connectivity index (χ4n) is 2.57. The van der Waals surface area contributed by atoms with Crippen LogP contribution in [0, 0.1) is 5.82 Å². The lowest BCUT2D eigenvalue weighted by molar-refractivity contribution is 0.469. The van der Waals surface area contributed by atoms with E-state index in [0.717, 1.165) is 9.86 Å². The van der Waals surface area contributed by atoms with Crippen LogP contribution in [-0.4, -0.2) is 15.0 Å². The van der Waals surface area contributed by atoms with Crippen LogP contribution in [0.2, 0.25) is 5.02 Å². The second-order valence-electron chi connectivity index (χ2n) is 5.74. The number of nitrogen functional groups attached to an aromatic ring is 1. The lowest BCUT2D eigenvalue weighted by atomic mass is 10.2. The van der Waals surface area contributed by atoms with Crippen molar-refractivity contribution in [1.82, 2.24) is 15.0 Å². The van der Waals surface area contributed by atoms with Gasteiger partial charge in [-0.15, -0.1) is 0 Å². The Kier molecular flexibility index (Phi) is 4.97. The first-order chi connectivity index (χ1) is 13.5. The van der Waals surface area contributed by atoms with E-state index in [2.05, 4.69) is 36.2 Å². The molecule has 0 unspecified atom stereocenters. The van der Waals surface area contributed by atoms with Gasteiger partial charge in [0.05, 0.1) is 5.02 Å². The number of aromatic nitrogens is 3. The average Bonchev–Trinajstić information content (AvgIpc) is 2.70. The van der Waals surface area contributed by atoms with Gasteiger partial charge in [0.25, 0.3) is 0 Å². The molecule has 140 valence electrons. The molecule has 0 aliphatic heterocycles. The molecular weight excluding hydrogens is 449 g/mol. The number of rotatable bonds is 4. The lowest BCUT2D eigenvalue weighted by Gasteiger charge is -2.13. The molecule has 2 heterocycles. The number of pyridine rings is 1. The van der Waals surface area contributed by atoms with Crippen molar-refractivity contribution >= 4 is 55.6 Å². The van der Waals surface area contributed by atoms with E-state index in [1.54, 1.807) is 12.3 Å². The molecule has 0 saturated carbocycles. The first kappa shape index (κ1) is 18.4. The molecule has 0 spiro atoms. The van der Waals surface area contributed by atoms with Crippen LogP contribution in [0.3, 0.4) is 0 Å². The van der Waals surface area contributed by atoms with E-state index in [-0.39, 0.29) is 16.6 Å². The Morgan fingerprint density at radius 1 is 1.11 bits per heavy atom. The predicted molar refractivity (Wildman–Crippen MR) is 111 cm³/mol. The molecule has 3 N–H and O–H groups in total. The maximum atomic E-state index is 13.3. The molecule has 0 amide bonds. The zero-order chi connectivity index (χ0) is 19.7. The highest BCUT2D eigenvalue weighted by Gasteiger charge is 2.14. The highest BCUT2D eigenvalue weighted by Crippen LogP contribution is 2.36. The third-order valence-electron chi connectivity index (χ3n) is 3.92. The van der Waals surface area contributed by atoms with Crippen LogP contribution in [0.1, 0.15) is 0 Å². The van der Waals surface area contributed by atoms with Crippen LogP contribution in [0.5, 0.6) is 11.6 Å². The molecule has 0 radical (unpaired) electrons. The van der Waals surface area contributed by atoms with Crippen molar-refractivity contribution in [2.24, 2.45) is 0 Å². The normalized spacial score (nSPS) is 10.8. The molecule has 0 aliphatic carbocycles. The number of halogens is 3. The van der Waals surface area contributed by atoms with Gasteiger partial charge in [0.15, 0.2) is 11.6 Å². The van der Waals surface area contributed by atoms with Crippen LogP contribution in [0.4, 0.5) is 21.6 Å². The predicted octanol–water partition coefficient (Wildman–Crippen LogP) is 5.70. The van der Waals surface area contributed by atoms with Gasteiger partial charge in [0.2, 0.25) is 5.88 Å². The molecule has 0 atom stereocenters. The highest BCUT2D eigenvalue weighted by molar-refractivity contribution is 9.10. The summed E-state index contributed by atoms with van der Waals surface area (Å²) in [5, 5.41) is 3.87. The van der Waals surface area contributed by atoms with Crippen LogP contribution in [0.15, 0.2) is 59.5 Å². The van der Waals surface area contributed by atoms with Gasteiger partial charge in [-0.3, -0.25) is 4.98 Å². The van der Waals surface area contributed by atoms with Gasteiger partial charge in [-0.2, -0.15) is 4.98 Å². The summed E-state index contributed by atoms with van der Waals surface area (Å²) in [6, 6.07) is 11.6. The number of ether oxygens (including phenoxy) is 1. The lowest BCUT2D eigenvalue weighted by Crippen LogP contribution is -2.03. The zero-order valence-corrected chi connectivity index (χ0v) is 16.5. The molecule has 28 heavy (non-hydrogen) atoms. The number of nitrogens with zero attached hydrogens (tertiary/aromatic N) is 3. The minimum Gasteiger partial charge on any atom is -0.435 e. The maximum absolute atomic E-state index is 13.3. The third kappa shape index (κ3) is 3.56. The Labute approximate surface area is 172 Å². The van der Waals surface area contributed by atoms with Crippen molar-refractivity contribution in [1.29, 1.82) is 0 Å². The van der Waals surface area contributed by atoms with Crippen molar-refractivity contribution in [2.45, 2.75) is 0 Å². The minimum absolute atomic E-state index is 0.0125. The zero-order valence-electron chi connectivity index (χ0n) is 14.2. The van der Waals surface area contributed by atoms with Gasteiger partial charge in [-0.05, 0) is 36.4 Å². The number of benzene rings is 2. The van der Waals surface area contributed by atoms with Gasteiger partial charge in [0, 0.05) is 21.7 Å². The Bertz CT molecular complexity index is 1190. The largest absolute Gasteiger partial charge is 0.435 e. The molecular formula is C19H12BrClFN5O. The summed E-state index contributed by atoms with van der Waals surface area (Å²) in [5.74, 6) is 0.462. The molecule has 4 rings (SSSR count). The van der Waals surface area contributed by atoms with Gasteiger partial charge in [-0.1, -0.05) is 33.6 Å². The van der Waals surface area contributed by atoms with E-state index in [0.29, 0.717) is 22.8 Å². The second-order valence-corrected chi connectivity index (χ2v) is 7.00. The third-order valence-corrected chi connectivity index (χ3v) is 4.90. The summed E-state index contributed by atoms with van der Waals surface area (Å²) < 4.78 is 20.2. The molecule has 0 bridgehead atoms. The minimum atomic E-state index is -0.512. The molecule has 4 aromatic rings. The average molecular weight is 461 g/mol. The second kappa shape index (κ2) is 7.57. The highest BCUT2D eigenvalue weighted by atomic mass is 79.9. The smallest absolute Gasteiger partial charge is 0.248 e. The van der Waals surface area contributed by atoms with Crippen molar-refractivity contribution in [2.75, 3.05) is 11.1 Å². The number of nitrogens with two attached hydrogens (primary N) is 1. The SMILES string of the molecule is Nc1c(Nc2ccc(F)c(Cl)c2)ncnc1Oc1ccc(Br)c2cccnc12. The van der Waals surface area contributed by atoms with Crippen LogP contribution in [-0.2, 0) is 0 Å². The first-order valence-electron chi connectivity index (χ1n) is 8.06. The number of fused-ring (bicyclic) bond motifs is 1. The fourth-order valence-corrected chi connectivity index (χ4v) is 3.20. The number of anilines is 3. The Hall–Kier alpha value is -2.97. The van der Waals surface area contributed by atoms with Gasteiger partial charge >= 0.3 is 0 Å². The number of hydrogen-bond acceptors (Lipinski definition) is 6. The summed E-state index contributed by atoms with van der Waals surface area (Å²) >= 11 is 9.31. The Morgan fingerprint density at radius 2 is 1.96 bits per heavy atom. The van der Waals surface area contributed by atoms with E-state index < -0.39 is 5.82 Å². The number of hydrogen-bond donors (Lipinski definition) is 2. The van der Waals surface area contributed by atoms with Crippen molar-refractivity contribution in [3.8, 4) is 11.6 Å². The van der Waals surface area contributed by atoms with Crippen LogP contribution < -0.4 is 15.8 Å². The Morgan fingerprint density at radius 3 is 2.79 bits per heavy atom. The molecule has 2 aromatic heterocycles. The summed E-state index contributed by atoms with van der Waals surface area (Å²) in [5.41, 5.74) is 7.55. The van der Waals surface area contributed by atoms with Gasteiger partial charge < -0.3 is 15.8 Å². The van der Waals surface area contributed by atoms with Crippen molar-refractivity contribution in [3.05, 3.63) is 70.3 Å². The summed E-state index contributed by atoms with van der Waals surface area (Å²) in [4.78, 5) is 12.6. The van der Waals surface area contributed by atoms with Gasteiger partial charge in [0.1, 0.15) is 23.3 Å². The maximum Gasteiger partial charge on any atom is 0.248 e. The molecule has 0 fully saturated rings. The summed E-state index contributed by atoms with van der Waals surface area (Å²) in [7, 11) is 0. The van der Waals surface area contributed by atoms with E-state index in [1.165, 1.54) is 24.5 Å². The summed E-state index contributed by atoms with van der Waals surface area (Å²) in [6.45, 7) is 0. The molecule has 2 aromatic carbocycles. The first-order valence-corrected chi connectivity index (χ1v) is 9.23. The molecule has 0 saturated heterocycles. The van der Waals surface area contributed by atoms with Crippen molar-refractivity contribution in [3.63, 3.8) is 0 Å². The topological polar surface area (TPSA) is 86.0 Å². The molecule has 6 nitrogen and oxygen atoms in total. The van der Waals surface area contributed by atoms with E-state index in [9.17, 15) is 4.39 Å². The van der Waals surface area contributed by atoms with Crippen LogP contribution >= 0.6 is 27.5 Å². The summed E-state index contributed by atoms with van der Waals surface area (Å²) in [6.07, 6.45) is 2.99. The van der Waals surface area contributed by atoms with Gasteiger partial charge in [-0.25, -0.2) is 9.37 Å². The van der Waals surface area contributed by atoms with E-state index in [1.807, 2.05) is 18.2 Å². The fraction of sp³-hybridized carbons (Fsp3) is 0. The molecule has 0 aliphatic rings.